The number of carbonyl (C=O) groups excluding carboxylic acids is 1. The topological polar surface area (TPSA) is 49.3 Å². The molecule has 2 aromatic rings. The number of aryl methyl sites for hydroxylation is 2. The van der Waals surface area contributed by atoms with Crippen LogP contribution in [-0.2, 0) is 11.2 Å². The van der Waals surface area contributed by atoms with Gasteiger partial charge < -0.3 is 9.80 Å². The lowest BCUT2D eigenvalue weighted by atomic mass is 9.81. The van der Waals surface area contributed by atoms with E-state index in [9.17, 15) is 4.79 Å². The zero-order chi connectivity index (χ0) is 20.9. The van der Waals surface area contributed by atoms with Crippen LogP contribution in [-0.4, -0.2) is 47.0 Å². The molecule has 0 N–H and O–H groups in total. The van der Waals surface area contributed by atoms with Crippen molar-refractivity contribution >= 4 is 11.9 Å². The lowest BCUT2D eigenvalue weighted by Crippen LogP contribution is -2.43. The summed E-state index contributed by atoms with van der Waals surface area (Å²) in [6.45, 7) is 7.41. The Bertz CT molecular complexity index is 867. The highest BCUT2D eigenvalue weighted by Gasteiger charge is 2.34. The van der Waals surface area contributed by atoms with Crippen molar-refractivity contribution < 1.29 is 4.79 Å². The van der Waals surface area contributed by atoms with Crippen LogP contribution in [0.5, 0.6) is 0 Å². The molecule has 1 aromatic carbocycles. The highest BCUT2D eigenvalue weighted by molar-refractivity contribution is 5.80. The summed E-state index contributed by atoms with van der Waals surface area (Å²) in [6.07, 6.45) is 8.20. The van der Waals surface area contributed by atoms with Crippen molar-refractivity contribution in [2.45, 2.75) is 39.5 Å². The Kier molecular flexibility index (Phi) is 6.46. The van der Waals surface area contributed by atoms with Crippen LogP contribution < -0.4 is 4.90 Å². The SMILES string of the molecule is Cc1cc(C)nc(N2CCC([C@H]3CC=CCN(CCc4ccccc4)C3=O)CC2)n1. The normalized spacial score (nSPS) is 20.5. The van der Waals surface area contributed by atoms with Crippen LogP contribution >= 0.6 is 0 Å². The number of benzene rings is 1. The molecular weight excluding hydrogens is 372 g/mol. The first kappa shape index (κ1) is 20.6. The minimum atomic E-state index is 0.0989. The maximum Gasteiger partial charge on any atom is 0.226 e. The average Bonchev–Trinajstić information content (AvgIpc) is 2.94. The zero-order valence-corrected chi connectivity index (χ0v) is 18.1. The Balaban J connectivity index is 1.37. The molecule has 3 heterocycles. The molecule has 0 saturated carbocycles. The maximum absolute atomic E-state index is 13.4. The minimum Gasteiger partial charge on any atom is -0.341 e. The predicted molar refractivity (Wildman–Crippen MR) is 120 cm³/mol. The third-order valence-electron chi connectivity index (χ3n) is 6.39. The van der Waals surface area contributed by atoms with E-state index in [2.05, 4.69) is 56.2 Å². The van der Waals surface area contributed by atoms with Gasteiger partial charge in [-0.15, -0.1) is 0 Å². The molecule has 1 atom stereocenters. The third kappa shape index (κ3) is 4.89. The molecule has 1 fully saturated rings. The molecule has 2 aliphatic rings. The van der Waals surface area contributed by atoms with Gasteiger partial charge >= 0.3 is 0 Å². The van der Waals surface area contributed by atoms with Crippen molar-refractivity contribution in [2.75, 3.05) is 31.1 Å². The Morgan fingerprint density at radius 2 is 1.70 bits per heavy atom. The number of piperidine rings is 1. The summed E-state index contributed by atoms with van der Waals surface area (Å²) in [5.74, 6) is 1.70. The summed E-state index contributed by atoms with van der Waals surface area (Å²) in [5, 5.41) is 0. The van der Waals surface area contributed by atoms with Crippen molar-refractivity contribution in [3.8, 4) is 0 Å². The van der Waals surface area contributed by atoms with Gasteiger partial charge in [0.15, 0.2) is 0 Å². The summed E-state index contributed by atoms with van der Waals surface area (Å²) in [7, 11) is 0. The van der Waals surface area contributed by atoms with Crippen molar-refractivity contribution in [1.82, 2.24) is 14.9 Å². The van der Waals surface area contributed by atoms with Gasteiger partial charge in [-0.05, 0) is 57.1 Å². The van der Waals surface area contributed by atoms with E-state index in [1.807, 2.05) is 26.0 Å². The quantitative estimate of drug-likeness (QED) is 0.708. The van der Waals surface area contributed by atoms with E-state index in [0.717, 1.165) is 69.2 Å². The first-order valence-corrected chi connectivity index (χ1v) is 11.1. The van der Waals surface area contributed by atoms with Gasteiger partial charge in [0, 0.05) is 43.5 Å². The van der Waals surface area contributed by atoms with E-state index in [1.165, 1.54) is 5.56 Å². The molecule has 0 spiro atoms. The van der Waals surface area contributed by atoms with E-state index < -0.39 is 0 Å². The van der Waals surface area contributed by atoms with Crippen molar-refractivity contribution in [2.24, 2.45) is 11.8 Å². The Hall–Kier alpha value is -2.69. The first-order valence-electron chi connectivity index (χ1n) is 11.1. The Morgan fingerprint density at radius 1 is 1.00 bits per heavy atom. The number of aromatic nitrogens is 2. The van der Waals surface area contributed by atoms with Gasteiger partial charge in [-0.25, -0.2) is 9.97 Å². The van der Waals surface area contributed by atoms with Crippen LogP contribution in [0, 0.1) is 25.7 Å². The molecular formula is C25H32N4O. The van der Waals surface area contributed by atoms with E-state index in [0.29, 0.717) is 11.8 Å². The van der Waals surface area contributed by atoms with Crippen LogP contribution in [0.2, 0.25) is 0 Å². The fraction of sp³-hybridized carbons (Fsp3) is 0.480. The van der Waals surface area contributed by atoms with Gasteiger partial charge in [0.05, 0.1) is 0 Å². The lowest BCUT2D eigenvalue weighted by molar-refractivity contribution is -0.136. The molecule has 0 aliphatic carbocycles. The monoisotopic (exact) mass is 404 g/mol. The molecule has 5 nitrogen and oxygen atoms in total. The van der Waals surface area contributed by atoms with Crippen LogP contribution in [0.3, 0.4) is 0 Å². The molecule has 0 unspecified atom stereocenters. The summed E-state index contributed by atoms with van der Waals surface area (Å²) in [6, 6.07) is 12.5. The summed E-state index contributed by atoms with van der Waals surface area (Å²) in [4.78, 5) is 26.9. The van der Waals surface area contributed by atoms with Crippen LogP contribution in [0.1, 0.15) is 36.2 Å². The number of carbonyl (C=O) groups is 1. The van der Waals surface area contributed by atoms with Gasteiger partial charge in [-0.3, -0.25) is 4.79 Å². The van der Waals surface area contributed by atoms with Gasteiger partial charge in [0.1, 0.15) is 0 Å². The third-order valence-corrected chi connectivity index (χ3v) is 6.39. The number of hydrogen-bond acceptors (Lipinski definition) is 4. The molecule has 1 aromatic heterocycles. The van der Waals surface area contributed by atoms with Gasteiger partial charge in [0.2, 0.25) is 11.9 Å². The number of amides is 1. The van der Waals surface area contributed by atoms with Crippen LogP contribution in [0.15, 0.2) is 48.6 Å². The number of hydrogen-bond donors (Lipinski definition) is 0. The van der Waals surface area contributed by atoms with Crippen molar-refractivity contribution in [1.29, 1.82) is 0 Å². The Labute approximate surface area is 179 Å². The van der Waals surface area contributed by atoms with E-state index in [1.54, 1.807) is 0 Å². The number of rotatable bonds is 5. The molecule has 5 heteroatoms. The van der Waals surface area contributed by atoms with Gasteiger partial charge in [0.25, 0.3) is 0 Å². The van der Waals surface area contributed by atoms with Gasteiger partial charge in [-0.1, -0.05) is 42.5 Å². The first-order chi connectivity index (χ1) is 14.6. The summed E-state index contributed by atoms with van der Waals surface area (Å²) in [5.41, 5.74) is 3.31. The number of anilines is 1. The molecule has 1 saturated heterocycles. The summed E-state index contributed by atoms with van der Waals surface area (Å²) >= 11 is 0. The van der Waals surface area contributed by atoms with Crippen molar-refractivity contribution in [3.63, 3.8) is 0 Å². The molecule has 4 rings (SSSR count). The standard InChI is InChI=1S/C25H32N4O/c1-19-18-20(2)27-25(26-19)29-16-12-22(13-17-29)23-10-6-7-14-28(24(23)30)15-11-21-8-4-3-5-9-21/h3-9,18,22-23H,10-17H2,1-2H3/t23-/m1/s1. The number of nitrogens with zero attached hydrogens (tertiary/aromatic N) is 4. The largest absolute Gasteiger partial charge is 0.341 e. The number of allylic oxidation sites excluding steroid dienone is 1. The van der Waals surface area contributed by atoms with Gasteiger partial charge in [-0.2, -0.15) is 0 Å². The van der Waals surface area contributed by atoms with Crippen LogP contribution in [0.4, 0.5) is 5.95 Å². The Morgan fingerprint density at radius 3 is 2.40 bits per heavy atom. The fourth-order valence-electron chi connectivity index (χ4n) is 4.72. The highest BCUT2D eigenvalue weighted by Crippen LogP contribution is 2.31. The summed E-state index contributed by atoms with van der Waals surface area (Å²) < 4.78 is 0. The zero-order valence-electron chi connectivity index (χ0n) is 18.1. The van der Waals surface area contributed by atoms with E-state index >= 15 is 0 Å². The molecule has 1 amide bonds. The molecule has 0 bridgehead atoms. The van der Waals surface area contributed by atoms with Crippen molar-refractivity contribution in [3.05, 3.63) is 65.5 Å². The minimum absolute atomic E-state index is 0.0989. The maximum atomic E-state index is 13.4. The average molecular weight is 405 g/mol. The molecule has 0 radical (unpaired) electrons. The second kappa shape index (κ2) is 9.41. The lowest BCUT2D eigenvalue weighted by Gasteiger charge is -2.36. The smallest absolute Gasteiger partial charge is 0.226 e. The second-order valence-electron chi connectivity index (χ2n) is 8.61. The molecule has 30 heavy (non-hydrogen) atoms. The molecule has 2 aliphatic heterocycles. The van der Waals surface area contributed by atoms with E-state index in [-0.39, 0.29) is 5.92 Å². The fourth-order valence-corrected chi connectivity index (χ4v) is 4.72. The highest BCUT2D eigenvalue weighted by atomic mass is 16.2. The van der Waals surface area contributed by atoms with E-state index in [4.69, 9.17) is 0 Å². The van der Waals surface area contributed by atoms with Crippen LogP contribution in [0.25, 0.3) is 0 Å². The molecule has 158 valence electrons. The second-order valence-corrected chi connectivity index (χ2v) is 8.61. The predicted octanol–water partition coefficient (Wildman–Crippen LogP) is 3.96.